The predicted molar refractivity (Wildman–Crippen MR) is 252 cm³/mol. The van der Waals surface area contributed by atoms with Crippen LogP contribution in [0.4, 0.5) is 0 Å². The smallest absolute Gasteiger partial charge is 0.306 e. The molecule has 2 fully saturated rings. The second-order valence-electron chi connectivity index (χ2n) is 18.7. The number of hydrogen-bond acceptors (Lipinski definition) is 14. The molecule has 7 N–H and O–H groups in total. The monoisotopic (exact) mass is 933 g/mol. The maximum atomic E-state index is 13.0. The van der Waals surface area contributed by atoms with Crippen LogP contribution in [0.5, 0.6) is 0 Å². The minimum atomic E-state index is -1.70. The van der Waals surface area contributed by atoms with Crippen molar-refractivity contribution >= 4 is 5.97 Å². The molecular weight excluding hydrogens is 837 g/mol. The first-order chi connectivity index (χ1) is 31.6. The highest BCUT2D eigenvalue weighted by Gasteiger charge is 2.47. The lowest BCUT2D eigenvalue weighted by atomic mass is 9.98. The minimum Gasteiger partial charge on any atom is -0.457 e. The van der Waals surface area contributed by atoms with Crippen molar-refractivity contribution in [2.24, 2.45) is 0 Å². The molecule has 0 spiro atoms. The predicted octanol–water partition coefficient (Wildman–Crippen LogP) is 7.85. The zero-order valence-electron chi connectivity index (χ0n) is 40.7. The lowest BCUT2D eigenvalue weighted by molar-refractivity contribution is -0.332. The summed E-state index contributed by atoms with van der Waals surface area (Å²) < 4.78 is 34.3. The Hall–Kier alpha value is -1.27. The van der Waals surface area contributed by atoms with Crippen LogP contribution in [0.3, 0.4) is 0 Å². The van der Waals surface area contributed by atoms with Crippen LogP contribution < -0.4 is 0 Å². The van der Waals surface area contributed by atoms with Gasteiger partial charge >= 0.3 is 5.97 Å². The van der Waals surface area contributed by atoms with Gasteiger partial charge in [0.05, 0.1) is 26.4 Å². The van der Waals surface area contributed by atoms with E-state index < -0.39 is 80.7 Å². The molecule has 0 amide bonds. The average Bonchev–Trinajstić information content (AvgIpc) is 3.30. The third-order valence-corrected chi connectivity index (χ3v) is 12.8. The average molecular weight is 933 g/mol. The van der Waals surface area contributed by atoms with E-state index in [0.29, 0.717) is 13.0 Å². The van der Waals surface area contributed by atoms with Gasteiger partial charge in [0.2, 0.25) is 0 Å². The summed E-state index contributed by atoms with van der Waals surface area (Å²) in [4.78, 5) is 13.0. The Morgan fingerprint density at radius 3 is 1.40 bits per heavy atom. The van der Waals surface area contributed by atoms with Crippen LogP contribution in [0.25, 0.3) is 0 Å². The van der Waals surface area contributed by atoms with E-state index in [9.17, 15) is 40.5 Å². The molecule has 2 heterocycles. The van der Waals surface area contributed by atoms with Crippen LogP contribution in [-0.4, -0.2) is 142 Å². The summed E-state index contributed by atoms with van der Waals surface area (Å²) >= 11 is 0. The SMILES string of the molecule is CCCCCCCC/C=C\CCCCCCCCCCOCC(COC1OC(COC2OC(CO)C(O)C(O)C2O)C(O)C(O)C1O)OC(=O)CCCCCCCCCCCCCCC. The largest absolute Gasteiger partial charge is 0.457 e. The van der Waals surface area contributed by atoms with Gasteiger partial charge in [-0.3, -0.25) is 4.79 Å². The van der Waals surface area contributed by atoms with Crippen LogP contribution in [-0.2, 0) is 33.2 Å². The molecule has 2 aliphatic rings. The molecule has 384 valence electrons. The fraction of sp³-hybridized carbons (Fsp3) is 0.941. The summed E-state index contributed by atoms with van der Waals surface area (Å²) in [5.41, 5.74) is 0. The van der Waals surface area contributed by atoms with Crippen molar-refractivity contribution in [3.63, 3.8) is 0 Å². The fourth-order valence-electron chi connectivity index (χ4n) is 8.46. The zero-order valence-corrected chi connectivity index (χ0v) is 40.7. The number of allylic oxidation sites excluding steroid dienone is 2. The molecule has 0 bridgehead atoms. The van der Waals surface area contributed by atoms with E-state index in [1.54, 1.807) is 0 Å². The number of unbranched alkanes of at least 4 members (excludes halogenated alkanes) is 26. The molecule has 0 saturated carbocycles. The van der Waals surface area contributed by atoms with Gasteiger partial charge in [0.1, 0.15) is 54.9 Å². The Bertz CT molecular complexity index is 1130. The molecule has 0 aliphatic carbocycles. The molecule has 0 radical (unpaired) electrons. The number of rotatable bonds is 42. The molecule has 14 nitrogen and oxygen atoms in total. The summed E-state index contributed by atoms with van der Waals surface area (Å²) in [7, 11) is 0. The molecule has 2 saturated heterocycles. The van der Waals surface area contributed by atoms with Gasteiger partial charge in [-0.1, -0.05) is 174 Å². The third kappa shape index (κ3) is 27.5. The number of carbonyl (C=O) groups is 1. The van der Waals surface area contributed by atoms with Gasteiger partial charge in [-0.15, -0.1) is 0 Å². The number of ether oxygens (including phenoxy) is 6. The molecule has 2 aliphatic heterocycles. The van der Waals surface area contributed by atoms with E-state index in [-0.39, 0.29) is 25.6 Å². The molecule has 11 unspecified atom stereocenters. The lowest BCUT2D eigenvalue weighted by Gasteiger charge is -2.42. The van der Waals surface area contributed by atoms with Gasteiger partial charge < -0.3 is 64.2 Å². The van der Waals surface area contributed by atoms with Crippen molar-refractivity contribution < 1.29 is 69.0 Å². The van der Waals surface area contributed by atoms with Gasteiger partial charge in [0.15, 0.2) is 12.6 Å². The Morgan fingerprint density at radius 1 is 0.492 bits per heavy atom. The van der Waals surface area contributed by atoms with Gasteiger partial charge in [-0.25, -0.2) is 0 Å². The number of hydrogen-bond donors (Lipinski definition) is 7. The Labute approximate surface area is 393 Å². The summed E-state index contributed by atoms with van der Waals surface area (Å²) in [6.07, 6.45) is 24.1. The third-order valence-electron chi connectivity index (χ3n) is 12.8. The lowest BCUT2D eigenvalue weighted by Crippen LogP contribution is -2.61. The first-order valence-electron chi connectivity index (χ1n) is 26.3. The topological polar surface area (TPSA) is 214 Å². The normalized spacial score (nSPS) is 26.5. The number of aliphatic hydroxyl groups excluding tert-OH is 7. The van der Waals surface area contributed by atoms with Gasteiger partial charge in [0.25, 0.3) is 0 Å². The van der Waals surface area contributed by atoms with Crippen LogP contribution >= 0.6 is 0 Å². The van der Waals surface area contributed by atoms with Crippen LogP contribution in [0.1, 0.15) is 206 Å². The fourth-order valence-corrected chi connectivity index (χ4v) is 8.46. The standard InChI is InChI=1S/C51H96O14/c1-3-5-7-9-11-13-15-17-18-19-20-21-23-25-27-29-31-33-35-60-37-40(63-43(53)34-32-30-28-26-24-22-16-14-12-10-8-6-4-2)38-61-50-49(59)47(57)45(55)42(65-50)39-62-51-48(58)46(56)44(54)41(36-52)64-51/h17-18,40-42,44-52,54-59H,3-16,19-39H2,1-2H3/b18-17-. The van der Waals surface area contributed by atoms with Crippen LogP contribution in [0.15, 0.2) is 12.2 Å². The van der Waals surface area contributed by atoms with Gasteiger partial charge in [-0.05, 0) is 38.5 Å². The molecule has 65 heavy (non-hydrogen) atoms. The van der Waals surface area contributed by atoms with Gasteiger partial charge in [-0.2, -0.15) is 0 Å². The Kier molecular flexibility index (Phi) is 36.4. The van der Waals surface area contributed by atoms with E-state index in [4.69, 9.17) is 28.4 Å². The van der Waals surface area contributed by atoms with Crippen molar-refractivity contribution in [2.45, 2.75) is 274 Å². The van der Waals surface area contributed by atoms with E-state index in [2.05, 4.69) is 26.0 Å². The number of carbonyl (C=O) groups excluding carboxylic acids is 1. The molecule has 14 heteroatoms. The molecule has 11 atom stereocenters. The van der Waals surface area contributed by atoms with E-state index in [1.165, 1.54) is 141 Å². The van der Waals surface area contributed by atoms with Crippen LogP contribution in [0.2, 0.25) is 0 Å². The highest BCUT2D eigenvalue weighted by atomic mass is 16.7. The molecule has 0 aromatic rings. The first-order valence-corrected chi connectivity index (χ1v) is 26.3. The molecule has 2 rings (SSSR count). The van der Waals surface area contributed by atoms with Gasteiger partial charge in [0, 0.05) is 13.0 Å². The summed E-state index contributed by atoms with van der Waals surface area (Å²) in [6.45, 7) is 3.70. The quantitative estimate of drug-likeness (QED) is 0.0176. The van der Waals surface area contributed by atoms with Crippen molar-refractivity contribution in [3.05, 3.63) is 12.2 Å². The van der Waals surface area contributed by atoms with Crippen molar-refractivity contribution in [1.29, 1.82) is 0 Å². The minimum absolute atomic E-state index is 0.0649. The summed E-state index contributed by atoms with van der Waals surface area (Å²) in [5.74, 6) is -0.374. The number of esters is 1. The van der Waals surface area contributed by atoms with E-state index in [0.717, 1.165) is 38.5 Å². The zero-order chi connectivity index (χ0) is 47.3. The maximum Gasteiger partial charge on any atom is 0.306 e. The summed E-state index contributed by atoms with van der Waals surface area (Å²) in [6, 6.07) is 0. The molecule has 0 aromatic carbocycles. The molecular formula is C51H96O14. The van der Waals surface area contributed by atoms with Crippen molar-refractivity contribution in [1.82, 2.24) is 0 Å². The second kappa shape index (κ2) is 39.6. The molecule has 0 aromatic heterocycles. The number of aliphatic hydroxyl groups is 7. The van der Waals surface area contributed by atoms with E-state index in [1.807, 2.05) is 0 Å². The Morgan fingerprint density at radius 2 is 0.908 bits per heavy atom. The summed E-state index contributed by atoms with van der Waals surface area (Å²) in [5, 5.41) is 72.1. The maximum absolute atomic E-state index is 13.0. The van der Waals surface area contributed by atoms with E-state index >= 15 is 0 Å². The van der Waals surface area contributed by atoms with Crippen molar-refractivity contribution in [3.8, 4) is 0 Å². The highest BCUT2D eigenvalue weighted by Crippen LogP contribution is 2.26. The first kappa shape index (κ1) is 59.9. The van der Waals surface area contributed by atoms with Crippen molar-refractivity contribution in [2.75, 3.05) is 33.0 Å². The Balaban J connectivity index is 1.75. The highest BCUT2D eigenvalue weighted by molar-refractivity contribution is 5.69. The van der Waals surface area contributed by atoms with Crippen LogP contribution in [0, 0.1) is 0 Å². The second-order valence-corrected chi connectivity index (χ2v) is 18.7.